The molecule has 0 aromatic heterocycles. The Balaban J connectivity index is 2.06. The zero-order valence-corrected chi connectivity index (χ0v) is 13.0. The maximum absolute atomic E-state index is 10.5. The van der Waals surface area contributed by atoms with Gasteiger partial charge in [-0.15, -0.1) is 0 Å². The van der Waals surface area contributed by atoms with Crippen LogP contribution in [0.1, 0.15) is 23.7 Å². The third-order valence-corrected chi connectivity index (χ3v) is 4.10. The first-order valence-electron chi connectivity index (χ1n) is 6.79. The number of benzene rings is 2. The van der Waals surface area contributed by atoms with Gasteiger partial charge in [0.2, 0.25) is 0 Å². The minimum absolute atomic E-state index is 0.0117. The summed E-state index contributed by atoms with van der Waals surface area (Å²) < 4.78 is 0.852. The van der Waals surface area contributed by atoms with Crippen LogP contribution in [0.3, 0.4) is 0 Å². The van der Waals surface area contributed by atoms with Crippen molar-refractivity contribution in [1.82, 2.24) is 0 Å². The van der Waals surface area contributed by atoms with Gasteiger partial charge in [-0.2, -0.15) is 0 Å². The van der Waals surface area contributed by atoms with Crippen LogP contribution in [-0.4, -0.2) is 5.11 Å². The van der Waals surface area contributed by atoms with Gasteiger partial charge in [-0.25, -0.2) is 0 Å². The van der Waals surface area contributed by atoms with Crippen LogP contribution in [0.4, 0.5) is 0 Å². The summed E-state index contributed by atoms with van der Waals surface area (Å²) in [5.74, 6) is 0.0117. The van der Waals surface area contributed by atoms with Gasteiger partial charge in [0.25, 0.3) is 0 Å². The Hall–Kier alpha value is -1.38. The van der Waals surface area contributed by atoms with Gasteiger partial charge in [0.05, 0.1) is 6.10 Å². The highest BCUT2D eigenvalue weighted by molar-refractivity contribution is 9.11. The number of hydrogen-bond acceptors (Lipinski definition) is 1. The molecule has 0 amide bonds. The van der Waals surface area contributed by atoms with E-state index in [9.17, 15) is 5.11 Å². The van der Waals surface area contributed by atoms with E-state index in [1.165, 1.54) is 5.56 Å². The molecule has 0 aliphatic heterocycles. The fourth-order valence-corrected chi connectivity index (χ4v) is 2.81. The predicted octanol–water partition coefficient (Wildman–Crippen LogP) is 4.88. The number of aliphatic hydroxyl groups excluding tert-OH is 1. The first-order valence-corrected chi connectivity index (χ1v) is 7.59. The maximum Gasteiger partial charge on any atom is 0.0863 e. The molecule has 0 spiro atoms. The number of halogens is 1. The van der Waals surface area contributed by atoms with Gasteiger partial charge in [-0.1, -0.05) is 83.2 Å². The van der Waals surface area contributed by atoms with Crippen LogP contribution in [0.2, 0.25) is 0 Å². The van der Waals surface area contributed by atoms with Crippen LogP contribution in [0.25, 0.3) is 0 Å². The van der Waals surface area contributed by atoms with Crippen LogP contribution in [0, 0.1) is 5.92 Å². The van der Waals surface area contributed by atoms with Crippen molar-refractivity contribution in [2.45, 2.75) is 18.9 Å². The van der Waals surface area contributed by atoms with Gasteiger partial charge in [-0.3, -0.25) is 0 Å². The van der Waals surface area contributed by atoms with Crippen LogP contribution in [-0.2, 0) is 6.42 Å². The van der Waals surface area contributed by atoms with E-state index in [2.05, 4.69) is 34.6 Å². The number of hydrogen-bond donors (Lipinski definition) is 1. The Labute approximate surface area is 129 Å². The molecule has 2 atom stereocenters. The summed E-state index contributed by atoms with van der Waals surface area (Å²) in [6.07, 6.45) is 1.27. The molecule has 1 nitrogen and oxygen atoms in total. The predicted molar refractivity (Wildman–Crippen MR) is 87.7 cm³/mol. The third-order valence-electron chi connectivity index (χ3n) is 3.51. The first-order chi connectivity index (χ1) is 9.68. The van der Waals surface area contributed by atoms with E-state index in [0.29, 0.717) is 0 Å². The van der Waals surface area contributed by atoms with Crippen molar-refractivity contribution in [2.75, 3.05) is 0 Å². The van der Waals surface area contributed by atoms with Crippen LogP contribution < -0.4 is 0 Å². The second-order valence-electron chi connectivity index (χ2n) is 4.93. The smallest absolute Gasteiger partial charge is 0.0863 e. The van der Waals surface area contributed by atoms with E-state index in [1.807, 2.05) is 48.5 Å². The minimum Gasteiger partial charge on any atom is -0.388 e. The highest BCUT2D eigenvalue weighted by Gasteiger charge is 2.22. The summed E-state index contributed by atoms with van der Waals surface area (Å²) >= 11 is 3.46. The quantitative estimate of drug-likeness (QED) is 0.800. The van der Waals surface area contributed by atoms with Gasteiger partial charge in [0.1, 0.15) is 0 Å². The standard InChI is InChI=1S/C18H19BrO/c1-14(19)17(13-12-15-8-4-2-5-9-15)18(20)16-10-6-3-7-11-16/h2-11,17-18,20H,1,12-13H2/t17-,18+/m0/s1. The Morgan fingerprint density at radius 3 is 2.10 bits per heavy atom. The summed E-state index contributed by atoms with van der Waals surface area (Å²) in [5, 5.41) is 10.5. The Morgan fingerprint density at radius 2 is 1.55 bits per heavy atom. The summed E-state index contributed by atoms with van der Waals surface area (Å²) in [7, 11) is 0. The Morgan fingerprint density at radius 1 is 1.00 bits per heavy atom. The second kappa shape index (κ2) is 7.41. The molecular formula is C18H19BrO. The molecule has 2 heteroatoms. The molecule has 1 N–H and O–H groups in total. The minimum atomic E-state index is -0.521. The van der Waals surface area contributed by atoms with Crippen LogP contribution in [0.5, 0.6) is 0 Å². The molecule has 0 fully saturated rings. The van der Waals surface area contributed by atoms with Gasteiger partial charge >= 0.3 is 0 Å². The van der Waals surface area contributed by atoms with Crippen molar-refractivity contribution >= 4 is 15.9 Å². The van der Waals surface area contributed by atoms with Crippen molar-refractivity contribution in [2.24, 2.45) is 5.92 Å². The molecule has 0 heterocycles. The largest absolute Gasteiger partial charge is 0.388 e. The molecule has 0 saturated heterocycles. The van der Waals surface area contributed by atoms with E-state index in [-0.39, 0.29) is 5.92 Å². The molecule has 2 aromatic carbocycles. The zero-order valence-electron chi connectivity index (χ0n) is 11.4. The summed E-state index contributed by atoms with van der Waals surface area (Å²) in [6, 6.07) is 20.1. The molecule has 0 aliphatic rings. The lowest BCUT2D eigenvalue weighted by atomic mass is 9.90. The monoisotopic (exact) mass is 330 g/mol. The molecule has 104 valence electrons. The van der Waals surface area contributed by atoms with E-state index in [4.69, 9.17) is 0 Å². The molecule has 0 radical (unpaired) electrons. The highest BCUT2D eigenvalue weighted by atomic mass is 79.9. The van der Waals surface area contributed by atoms with Gasteiger partial charge in [0.15, 0.2) is 0 Å². The molecule has 2 rings (SSSR count). The Bertz CT molecular complexity index is 536. The SMILES string of the molecule is C=C(Br)[C@H](CCc1ccccc1)[C@H](O)c1ccccc1. The lowest BCUT2D eigenvalue weighted by molar-refractivity contribution is 0.126. The van der Waals surface area contributed by atoms with Gasteiger partial charge in [0, 0.05) is 5.92 Å². The van der Waals surface area contributed by atoms with E-state index in [1.54, 1.807) is 0 Å². The summed E-state index contributed by atoms with van der Waals surface area (Å²) in [5.41, 5.74) is 2.22. The topological polar surface area (TPSA) is 20.2 Å². The third kappa shape index (κ3) is 4.06. The van der Waals surface area contributed by atoms with Crippen molar-refractivity contribution in [1.29, 1.82) is 0 Å². The second-order valence-corrected chi connectivity index (χ2v) is 5.95. The highest BCUT2D eigenvalue weighted by Crippen LogP contribution is 2.33. The summed E-state index contributed by atoms with van der Waals surface area (Å²) in [4.78, 5) is 0. The van der Waals surface area contributed by atoms with Crippen LogP contribution in [0.15, 0.2) is 71.7 Å². The molecule has 0 aliphatic carbocycles. The maximum atomic E-state index is 10.5. The summed E-state index contributed by atoms with van der Waals surface area (Å²) in [6.45, 7) is 3.97. The van der Waals surface area contributed by atoms with Gasteiger partial charge < -0.3 is 5.11 Å². The fourth-order valence-electron chi connectivity index (χ4n) is 2.34. The first kappa shape index (κ1) is 15.0. The van der Waals surface area contributed by atoms with E-state index < -0.39 is 6.10 Å². The normalized spacial score (nSPS) is 13.7. The molecular weight excluding hydrogens is 312 g/mol. The lowest BCUT2D eigenvalue weighted by Gasteiger charge is -2.22. The van der Waals surface area contributed by atoms with Gasteiger partial charge in [-0.05, 0) is 28.5 Å². The van der Waals surface area contributed by atoms with Crippen molar-refractivity contribution < 1.29 is 5.11 Å². The molecule has 0 unspecified atom stereocenters. The van der Waals surface area contributed by atoms with E-state index >= 15 is 0 Å². The lowest BCUT2D eigenvalue weighted by Crippen LogP contribution is -2.13. The Kier molecular flexibility index (Phi) is 5.57. The number of aryl methyl sites for hydroxylation is 1. The average molecular weight is 331 g/mol. The van der Waals surface area contributed by atoms with Crippen molar-refractivity contribution in [3.8, 4) is 0 Å². The average Bonchev–Trinajstić information content (AvgIpc) is 2.49. The van der Waals surface area contributed by atoms with Crippen LogP contribution >= 0.6 is 15.9 Å². The number of rotatable bonds is 6. The zero-order chi connectivity index (χ0) is 14.4. The molecule has 0 saturated carbocycles. The van der Waals surface area contributed by atoms with Crippen molar-refractivity contribution in [3.63, 3.8) is 0 Å². The van der Waals surface area contributed by atoms with E-state index in [0.717, 1.165) is 22.9 Å². The van der Waals surface area contributed by atoms with Crippen molar-refractivity contribution in [3.05, 3.63) is 82.9 Å². The fraction of sp³-hybridized carbons (Fsp3) is 0.222. The molecule has 2 aromatic rings. The molecule has 0 bridgehead atoms. The number of aliphatic hydroxyl groups is 1. The molecule has 20 heavy (non-hydrogen) atoms.